The second-order valence-electron chi connectivity index (χ2n) is 5.76. The van der Waals surface area contributed by atoms with E-state index in [2.05, 4.69) is 6.07 Å². The minimum atomic E-state index is -0.0654. The zero-order chi connectivity index (χ0) is 17.4. The first-order valence-electron chi connectivity index (χ1n) is 7.49. The van der Waals surface area contributed by atoms with Gasteiger partial charge in [-0.15, -0.1) is 0 Å². The standard InChI is InChI=1S/C19H16ClNOS2/c1-11-4-9-16(12(2)10-11)21-18(22)17(24-19(21)23)13(3)14-5-7-15(20)8-6-14/h4-10H,1-3H3. The Morgan fingerprint density at radius 1 is 1.12 bits per heavy atom. The molecule has 0 radical (unpaired) electrons. The maximum absolute atomic E-state index is 13.0. The number of amides is 1. The van der Waals surface area contributed by atoms with Crippen LogP contribution in [-0.2, 0) is 4.79 Å². The van der Waals surface area contributed by atoms with Crippen LogP contribution in [0.2, 0.25) is 5.02 Å². The van der Waals surface area contributed by atoms with Crippen LogP contribution in [0.3, 0.4) is 0 Å². The molecule has 0 spiro atoms. The third-order valence-corrected chi connectivity index (χ3v) is 5.71. The maximum Gasteiger partial charge on any atom is 0.271 e. The lowest BCUT2D eigenvalue weighted by atomic mass is 10.1. The molecule has 1 aliphatic heterocycles. The smallest absolute Gasteiger partial charge is 0.268 e. The molecule has 2 aromatic rings. The molecule has 0 bridgehead atoms. The Kier molecular flexibility index (Phi) is 4.81. The summed E-state index contributed by atoms with van der Waals surface area (Å²) < 4.78 is 0.565. The summed E-state index contributed by atoms with van der Waals surface area (Å²) in [7, 11) is 0. The molecule has 1 heterocycles. The Balaban J connectivity index is 2.02. The third-order valence-electron chi connectivity index (χ3n) is 3.98. The molecule has 1 fully saturated rings. The molecule has 3 rings (SSSR count). The highest BCUT2D eigenvalue weighted by molar-refractivity contribution is 8.27. The predicted octanol–water partition coefficient (Wildman–Crippen LogP) is 5.75. The minimum absolute atomic E-state index is 0.0654. The van der Waals surface area contributed by atoms with Crippen LogP contribution in [0.1, 0.15) is 23.6 Å². The van der Waals surface area contributed by atoms with E-state index in [1.807, 2.05) is 57.2 Å². The van der Waals surface area contributed by atoms with E-state index in [-0.39, 0.29) is 5.91 Å². The summed E-state index contributed by atoms with van der Waals surface area (Å²) in [6.07, 6.45) is 0. The van der Waals surface area contributed by atoms with Gasteiger partial charge in [-0.05, 0) is 55.7 Å². The van der Waals surface area contributed by atoms with Gasteiger partial charge in [0.1, 0.15) is 0 Å². The van der Waals surface area contributed by atoms with Crippen molar-refractivity contribution in [1.29, 1.82) is 0 Å². The average molecular weight is 374 g/mol. The molecular weight excluding hydrogens is 358 g/mol. The Morgan fingerprint density at radius 3 is 2.42 bits per heavy atom. The molecule has 1 aliphatic rings. The highest BCUT2D eigenvalue weighted by Gasteiger charge is 2.35. The van der Waals surface area contributed by atoms with Crippen LogP contribution in [0, 0.1) is 13.8 Å². The van der Waals surface area contributed by atoms with E-state index in [9.17, 15) is 4.79 Å². The van der Waals surface area contributed by atoms with E-state index >= 15 is 0 Å². The summed E-state index contributed by atoms with van der Waals surface area (Å²) in [4.78, 5) is 15.3. The summed E-state index contributed by atoms with van der Waals surface area (Å²) in [6.45, 7) is 5.97. The molecule has 5 heteroatoms. The van der Waals surface area contributed by atoms with Crippen molar-refractivity contribution in [1.82, 2.24) is 0 Å². The van der Waals surface area contributed by atoms with Crippen LogP contribution in [0.4, 0.5) is 5.69 Å². The van der Waals surface area contributed by atoms with Crippen molar-refractivity contribution in [3.8, 4) is 0 Å². The highest BCUT2D eigenvalue weighted by atomic mass is 35.5. The van der Waals surface area contributed by atoms with Gasteiger partial charge in [0.05, 0.1) is 10.6 Å². The van der Waals surface area contributed by atoms with Gasteiger partial charge in [0.2, 0.25) is 0 Å². The second kappa shape index (κ2) is 6.71. The van der Waals surface area contributed by atoms with Gasteiger partial charge in [0.15, 0.2) is 4.32 Å². The number of carbonyl (C=O) groups excluding carboxylic acids is 1. The number of benzene rings is 2. The maximum atomic E-state index is 13.0. The first kappa shape index (κ1) is 17.2. The van der Waals surface area contributed by atoms with Crippen molar-refractivity contribution in [2.45, 2.75) is 20.8 Å². The van der Waals surface area contributed by atoms with Gasteiger partial charge in [-0.25, -0.2) is 0 Å². The fourth-order valence-electron chi connectivity index (χ4n) is 2.69. The number of thioether (sulfide) groups is 1. The van der Waals surface area contributed by atoms with Crippen molar-refractivity contribution in [2.75, 3.05) is 4.90 Å². The van der Waals surface area contributed by atoms with E-state index in [0.29, 0.717) is 14.2 Å². The molecule has 0 aliphatic carbocycles. The molecule has 0 N–H and O–H groups in total. The van der Waals surface area contributed by atoms with Gasteiger partial charge in [-0.1, -0.05) is 65.4 Å². The van der Waals surface area contributed by atoms with Gasteiger partial charge in [-0.2, -0.15) is 0 Å². The van der Waals surface area contributed by atoms with Crippen LogP contribution in [0.5, 0.6) is 0 Å². The number of nitrogens with zero attached hydrogens (tertiary/aromatic N) is 1. The van der Waals surface area contributed by atoms with Crippen molar-refractivity contribution in [3.05, 3.63) is 69.1 Å². The fourth-order valence-corrected chi connectivity index (χ4v) is 4.15. The van der Waals surface area contributed by atoms with E-state index < -0.39 is 0 Å². The summed E-state index contributed by atoms with van der Waals surface area (Å²) in [5.41, 5.74) is 4.94. The molecular formula is C19H16ClNOS2. The topological polar surface area (TPSA) is 20.3 Å². The van der Waals surface area contributed by atoms with E-state index in [4.69, 9.17) is 23.8 Å². The van der Waals surface area contributed by atoms with Crippen LogP contribution >= 0.6 is 35.6 Å². The molecule has 122 valence electrons. The minimum Gasteiger partial charge on any atom is -0.268 e. The second-order valence-corrected chi connectivity index (χ2v) is 7.84. The van der Waals surface area contributed by atoms with E-state index in [1.54, 1.807) is 4.90 Å². The molecule has 24 heavy (non-hydrogen) atoms. The molecule has 0 saturated carbocycles. The molecule has 0 unspecified atom stereocenters. The number of thiocarbonyl (C=S) groups is 1. The van der Waals surface area contributed by atoms with Crippen LogP contribution in [0.25, 0.3) is 5.57 Å². The Labute approximate surface area is 156 Å². The van der Waals surface area contributed by atoms with Gasteiger partial charge in [0, 0.05) is 5.02 Å². The van der Waals surface area contributed by atoms with Crippen LogP contribution in [0.15, 0.2) is 47.4 Å². The zero-order valence-corrected chi connectivity index (χ0v) is 16.0. The van der Waals surface area contributed by atoms with E-state index in [1.165, 1.54) is 11.8 Å². The number of allylic oxidation sites excluding steroid dienone is 1. The fraction of sp³-hybridized carbons (Fsp3) is 0.158. The quantitative estimate of drug-likeness (QED) is 0.493. The molecule has 2 aromatic carbocycles. The molecule has 0 aromatic heterocycles. The molecule has 1 saturated heterocycles. The van der Waals surface area contributed by atoms with Crippen molar-refractivity contribution in [3.63, 3.8) is 0 Å². The van der Waals surface area contributed by atoms with Crippen molar-refractivity contribution < 1.29 is 4.79 Å². The summed E-state index contributed by atoms with van der Waals surface area (Å²) in [6, 6.07) is 13.5. The number of aryl methyl sites for hydroxylation is 2. The summed E-state index contributed by atoms with van der Waals surface area (Å²) in [5, 5.41) is 0.675. The SMILES string of the molecule is CC(=C1SC(=S)N(c2ccc(C)cc2C)C1=O)c1ccc(Cl)cc1. The normalized spacial score (nSPS) is 16.8. The number of anilines is 1. The number of hydrogen-bond donors (Lipinski definition) is 0. The number of halogens is 1. The zero-order valence-electron chi connectivity index (χ0n) is 13.6. The molecule has 1 amide bonds. The Morgan fingerprint density at radius 2 is 1.79 bits per heavy atom. The van der Waals surface area contributed by atoms with Crippen molar-refractivity contribution >= 4 is 57.1 Å². The lowest BCUT2D eigenvalue weighted by Gasteiger charge is -2.17. The molecule has 2 nitrogen and oxygen atoms in total. The lowest BCUT2D eigenvalue weighted by molar-refractivity contribution is -0.113. The van der Waals surface area contributed by atoms with Gasteiger partial charge >= 0.3 is 0 Å². The number of carbonyl (C=O) groups is 1. The lowest BCUT2D eigenvalue weighted by Crippen LogP contribution is -2.28. The van der Waals surface area contributed by atoms with Crippen LogP contribution < -0.4 is 4.90 Å². The average Bonchev–Trinajstić information content (AvgIpc) is 2.83. The van der Waals surface area contributed by atoms with Gasteiger partial charge in [-0.3, -0.25) is 9.69 Å². The van der Waals surface area contributed by atoms with E-state index in [0.717, 1.165) is 28.0 Å². The summed E-state index contributed by atoms with van der Waals surface area (Å²) in [5.74, 6) is -0.0654. The summed E-state index contributed by atoms with van der Waals surface area (Å²) >= 11 is 12.8. The first-order chi connectivity index (χ1) is 11.4. The Hall–Kier alpha value is -1.62. The van der Waals surface area contributed by atoms with Crippen LogP contribution in [-0.4, -0.2) is 10.2 Å². The first-order valence-corrected chi connectivity index (χ1v) is 9.09. The largest absolute Gasteiger partial charge is 0.271 e. The molecule has 0 atom stereocenters. The Bertz CT molecular complexity index is 871. The highest BCUT2D eigenvalue weighted by Crippen LogP contribution is 2.40. The number of hydrogen-bond acceptors (Lipinski definition) is 3. The third kappa shape index (κ3) is 3.14. The predicted molar refractivity (Wildman–Crippen MR) is 108 cm³/mol. The van der Waals surface area contributed by atoms with Gasteiger partial charge < -0.3 is 0 Å². The van der Waals surface area contributed by atoms with Gasteiger partial charge in [0.25, 0.3) is 5.91 Å². The van der Waals surface area contributed by atoms with Crippen molar-refractivity contribution in [2.24, 2.45) is 0 Å². The number of rotatable bonds is 2. The monoisotopic (exact) mass is 373 g/mol.